The number of hydrogen-bond donors (Lipinski definition) is 1. The monoisotopic (exact) mass is 325 g/mol. The Bertz CT molecular complexity index is 669. The minimum atomic E-state index is -0.299. The molecule has 5 heteroatoms. The van der Waals surface area contributed by atoms with E-state index in [0.29, 0.717) is 13.2 Å². The number of pyridine rings is 1. The molecule has 24 heavy (non-hydrogen) atoms. The average molecular weight is 325 g/mol. The average Bonchev–Trinajstić information content (AvgIpc) is 3.15. The molecule has 1 fully saturated rings. The Hall–Kier alpha value is -2.40. The van der Waals surface area contributed by atoms with E-state index in [4.69, 9.17) is 4.74 Å². The summed E-state index contributed by atoms with van der Waals surface area (Å²) in [6, 6.07) is 14.2. The number of hydrogen-bond acceptors (Lipinski definition) is 4. The quantitative estimate of drug-likeness (QED) is 0.887. The van der Waals surface area contributed by atoms with Gasteiger partial charge in [-0.15, -0.1) is 0 Å². The van der Waals surface area contributed by atoms with Crippen molar-refractivity contribution in [2.75, 3.05) is 18.6 Å². The lowest BCUT2D eigenvalue weighted by molar-refractivity contribution is -0.130. The molecule has 1 aliphatic rings. The molecular weight excluding hydrogens is 302 g/mol. The molecule has 2 aromatic rings. The fraction of sp³-hybridized carbons (Fsp3) is 0.368. The minimum absolute atomic E-state index is 0.0342. The van der Waals surface area contributed by atoms with Gasteiger partial charge in [0.1, 0.15) is 11.9 Å². The molecule has 1 aromatic heterocycles. The second-order valence-electron chi connectivity index (χ2n) is 6.05. The van der Waals surface area contributed by atoms with E-state index in [2.05, 4.69) is 27.3 Å². The number of nitrogens with zero attached hydrogens (tertiary/aromatic N) is 2. The van der Waals surface area contributed by atoms with E-state index in [9.17, 15) is 4.79 Å². The number of aromatic nitrogens is 1. The van der Waals surface area contributed by atoms with Crippen LogP contribution in [-0.4, -0.2) is 30.6 Å². The van der Waals surface area contributed by atoms with Crippen LogP contribution in [0.3, 0.4) is 0 Å². The topological polar surface area (TPSA) is 54.5 Å². The SMILES string of the molecule is CN(Cc1ccccc1)c1ncccc1CNC(=O)C1CCCO1. The number of anilines is 1. The Balaban J connectivity index is 1.64. The van der Waals surface area contributed by atoms with Crippen LogP contribution >= 0.6 is 0 Å². The standard InChI is InChI=1S/C19H23N3O2/c1-22(14-15-7-3-2-4-8-15)18-16(9-5-11-20-18)13-21-19(23)17-10-6-12-24-17/h2-5,7-9,11,17H,6,10,12-14H2,1H3,(H,21,23). The van der Waals surface area contributed by atoms with E-state index in [0.717, 1.165) is 30.8 Å². The Labute approximate surface area is 142 Å². The van der Waals surface area contributed by atoms with E-state index in [1.54, 1.807) is 6.20 Å². The third-order valence-electron chi connectivity index (χ3n) is 4.17. The van der Waals surface area contributed by atoms with Crippen molar-refractivity contribution in [1.82, 2.24) is 10.3 Å². The molecule has 1 amide bonds. The van der Waals surface area contributed by atoms with Gasteiger partial charge >= 0.3 is 0 Å². The summed E-state index contributed by atoms with van der Waals surface area (Å²) >= 11 is 0. The van der Waals surface area contributed by atoms with Crippen LogP contribution in [0.4, 0.5) is 5.82 Å². The first-order valence-electron chi connectivity index (χ1n) is 8.32. The van der Waals surface area contributed by atoms with Crippen LogP contribution in [-0.2, 0) is 22.6 Å². The smallest absolute Gasteiger partial charge is 0.249 e. The number of benzene rings is 1. The first kappa shape index (κ1) is 16.5. The number of carbonyl (C=O) groups excluding carboxylic acids is 1. The molecule has 126 valence electrons. The van der Waals surface area contributed by atoms with Crippen LogP contribution in [0.5, 0.6) is 0 Å². The van der Waals surface area contributed by atoms with Gasteiger partial charge in [0.2, 0.25) is 5.91 Å². The molecule has 1 aliphatic heterocycles. The molecule has 1 aromatic carbocycles. The van der Waals surface area contributed by atoms with E-state index < -0.39 is 0 Å². The summed E-state index contributed by atoms with van der Waals surface area (Å²) in [5.41, 5.74) is 2.22. The molecule has 1 atom stereocenters. The fourth-order valence-electron chi connectivity index (χ4n) is 2.92. The minimum Gasteiger partial charge on any atom is -0.368 e. The molecule has 1 saturated heterocycles. The summed E-state index contributed by atoms with van der Waals surface area (Å²) in [5, 5.41) is 2.97. The zero-order valence-corrected chi connectivity index (χ0v) is 13.9. The van der Waals surface area contributed by atoms with Crippen LogP contribution in [0.1, 0.15) is 24.0 Å². The third kappa shape index (κ3) is 4.11. The van der Waals surface area contributed by atoms with Gasteiger partial charge in [0.05, 0.1) is 0 Å². The molecular formula is C19H23N3O2. The van der Waals surface area contributed by atoms with Gasteiger partial charge in [-0.1, -0.05) is 36.4 Å². The maximum absolute atomic E-state index is 12.1. The molecule has 1 N–H and O–H groups in total. The first-order chi connectivity index (χ1) is 11.7. The summed E-state index contributed by atoms with van der Waals surface area (Å²) in [6.07, 6.45) is 3.24. The van der Waals surface area contributed by atoms with E-state index >= 15 is 0 Å². The summed E-state index contributed by atoms with van der Waals surface area (Å²) in [5.74, 6) is 0.849. The first-order valence-corrected chi connectivity index (χ1v) is 8.32. The fourth-order valence-corrected chi connectivity index (χ4v) is 2.92. The van der Waals surface area contributed by atoms with Crippen LogP contribution in [0, 0.1) is 0 Å². The molecule has 0 spiro atoms. The molecule has 2 heterocycles. The van der Waals surface area contributed by atoms with Gasteiger partial charge in [-0.05, 0) is 24.5 Å². The zero-order chi connectivity index (χ0) is 16.8. The highest BCUT2D eigenvalue weighted by Crippen LogP contribution is 2.18. The van der Waals surface area contributed by atoms with Gasteiger partial charge < -0.3 is 15.0 Å². The van der Waals surface area contributed by atoms with Crippen molar-refractivity contribution < 1.29 is 9.53 Å². The molecule has 0 aliphatic carbocycles. The van der Waals surface area contributed by atoms with E-state index in [1.807, 2.05) is 37.4 Å². The highest BCUT2D eigenvalue weighted by atomic mass is 16.5. The molecule has 5 nitrogen and oxygen atoms in total. The van der Waals surface area contributed by atoms with Crippen molar-refractivity contribution in [3.8, 4) is 0 Å². The van der Waals surface area contributed by atoms with Crippen molar-refractivity contribution in [1.29, 1.82) is 0 Å². The van der Waals surface area contributed by atoms with Gasteiger partial charge in [0.25, 0.3) is 0 Å². The highest BCUT2D eigenvalue weighted by Gasteiger charge is 2.23. The zero-order valence-electron chi connectivity index (χ0n) is 13.9. The predicted molar refractivity (Wildman–Crippen MR) is 93.6 cm³/mol. The van der Waals surface area contributed by atoms with E-state index in [-0.39, 0.29) is 12.0 Å². The van der Waals surface area contributed by atoms with Gasteiger partial charge in [-0.25, -0.2) is 4.98 Å². The van der Waals surface area contributed by atoms with Crippen molar-refractivity contribution in [3.63, 3.8) is 0 Å². The second kappa shape index (κ2) is 7.93. The normalized spacial score (nSPS) is 16.8. The predicted octanol–water partition coefficient (Wildman–Crippen LogP) is 2.51. The highest BCUT2D eigenvalue weighted by molar-refractivity contribution is 5.81. The van der Waals surface area contributed by atoms with Crippen molar-refractivity contribution in [2.24, 2.45) is 0 Å². The van der Waals surface area contributed by atoms with Gasteiger partial charge in [-0.2, -0.15) is 0 Å². The van der Waals surface area contributed by atoms with Gasteiger partial charge in [0, 0.05) is 38.5 Å². The molecule has 0 bridgehead atoms. The van der Waals surface area contributed by atoms with Crippen molar-refractivity contribution >= 4 is 11.7 Å². The maximum atomic E-state index is 12.1. The second-order valence-corrected chi connectivity index (χ2v) is 6.05. The van der Waals surface area contributed by atoms with Crippen LogP contribution in [0.15, 0.2) is 48.7 Å². The van der Waals surface area contributed by atoms with Crippen molar-refractivity contribution in [2.45, 2.75) is 32.0 Å². The summed E-state index contributed by atoms with van der Waals surface area (Å²) in [7, 11) is 2.01. The van der Waals surface area contributed by atoms with Gasteiger partial charge in [-0.3, -0.25) is 4.79 Å². The molecule has 1 unspecified atom stereocenters. The van der Waals surface area contributed by atoms with E-state index in [1.165, 1.54) is 5.56 Å². The molecule has 0 radical (unpaired) electrons. The van der Waals surface area contributed by atoms with Crippen LogP contribution in [0.25, 0.3) is 0 Å². The molecule has 3 rings (SSSR count). The van der Waals surface area contributed by atoms with Crippen LogP contribution in [0.2, 0.25) is 0 Å². The Morgan fingerprint density at radius 1 is 1.29 bits per heavy atom. The van der Waals surface area contributed by atoms with Gasteiger partial charge in [0.15, 0.2) is 0 Å². The number of nitrogens with one attached hydrogen (secondary N) is 1. The van der Waals surface area contributed by atoms with Crippen molar-refractivity contribution in [3.05, 3.63) is 59.8 Å². The summed E-state index contributed by atoms with van der Waals surface area (Å²) < 4.78 is 5.42. The lowest BCUT2D eigenvalue weighted by Gasteiger charge is -2.21. The number of rotatable bonds is 6. The number of carbonyl (C=O) groups is 1. The van der Waals surface area contributed by atoms with Crippen LogP contribution < -0.4 is 10.2 Å². The summed E-state index contributed by atoms with van der Waals surface area (Å²) in [4.78, 5) is 18.7. The Morgan fingerprint density at radius 2 is 2.12 bits per heavy atom. The Morgan fingerprint density at radius 3 is 2.88 bits per heavy atom. The lowest BCUT2D eigenvalue weighted by Crippen LogP contribution is -2.34. The third-order valence-corrected chi connectivity index (χ3v) is 4.17. The number of amides is 1. The maximum Gasteiger partial charge on any atom is 0.249 e. The number of ether oxygens (including phenoxy) is 1. The largest absolute Gasteiger partial charge is 0.368 e. The lowest BCUT2D eigenvalue weighted by atomic mass is 10.2. The summed E-state index contributed by atoms with van der Waals surface area (Å²) in [6.45, 7) is 1.90. The molecule has 0 saturated carbocycles. The Kier molecular flexibility index (Phi) is 5.43.